The van der Waals surface area contributed by atoms with Gasteiger partial charge in [-0.2, -0.15) is 0 Å². The van der Waals surface area contributed by atoms with Crippen molar-refractivity contribution in [1.29, 1.82) is 0 Å². The van der Waals surface area contributed by atoms with Crippen molar-refractivity contribution in [2.45, 2.75) is 0 Å². The lowest BCUT2D eigenvalue weighted by molar-refractivity contribution is 0.102. The first kappa shape index (κ1) is 16.1. The number of aryl methyl sites for hydroxylation is 1. The molecule has 0 atom stereocenters. The molecule has 1 heterocycles. The lowest BCUT2D eigenvalue weighted by Crippen LogP contribution is -2.12. The Morgan fingerprint density at radius 2 is 1.83 bits per heavy atom. The third-order valence-corrected chi connectivity index (χ3v) is 4.69. The van der Waals surface area contributed by atoms with E-state index in [0.29, 0.717) is 22.7 Å². The molecule has 24 heavy (non-hydrogen) atoms. The number of anilines is 1. The maximum absolute atomic E-state index is 12.4. The molecule has 0 radical (unpaired) electrons. The Morgan fingerprint density at radius 3 is 2.54 bits per heavy atom. The minimum absolute atomic E-state index is 0.0339. The number of carbonyl (C=O) groups excluding carboxylic acids is 1. The van der Waals surface area contributed by atoms with Gasteiger partial charge in [-0.05, 0) is 36.4 Å². The van der Waals surface area contributed by atoms with E-state index < -0.39 is 0 Å². The summed E-state index contributed by atoms with van der Waals surface area (Å²) in [6, 6.07) is 10.3. The van der Waals surface area contributed by atoms with Crippen LogP contribution in [0.5, 0.6) is 11.5 Å². The van der Waals surface area contributed by atoms with Gasteiger partial charge >= 0.3 is 4.87 Å². The van der Waals surface area contributed by atoms with Crippen LogP contribution in [0.4, 0.5) is 5.69 Å². The van der Waals surface area contributed by atoms with Crippen LogP contribution in [-0.4, -0.2) is 24.7 Å². The number of benzene rings is 2. The van der Waals surface area contributed by atoms with Gasteiger partial charge in [-0.15, -0.1) is 0 Å². The van der Waals surface area contributed by atoms with Crippen molar-refractivity contribution in [3.8, 4) is 11.5 Å². The molecule has 3 rings (SSSR count). The number of thiazole rings is 1. The van der Waals surface area contributed by atoms with E-state index in [4.69, 9.17) is 9.47 Å². The first-order chi connectivity index (χ1) is 11.5. The summed E-state index contributed by atoms with van der Waals surface area (Å²) in [7, 11) is 4.78. The normalized spacial score (nSPS) is 10.6. The van der Waals surface area contributed by atoms with Crippen molar-refractivity contribution < 1.29 is 14.3 Å². The molecule has 6 nitrogen and oxygen atoms in total. The monoisotopic (exact) mass is 344 g/mol. The van der Waals surface area contributed by atoms with E-state index in [1.54, 1.807) is 41.9 Å². The predicted molar refractivity (Wildman–Crippen MR) is 94.6 cm³/mol. The van der Waals surface area contributed by atoms with Crippen LogP contribution in [0.2, 0.25) is 0 Å². The summed E-state index contributed by atoms with van der Waals surface area (Å²) in [6.45, 7) is 0. The number of hydrogen-bond acceptors (Lipinski definition) is 5. The van der Waals surface area contributed by atoms with Gasteiger partial charge < -0.3 is 19.4 Å². The van der Waals surface area contributed by atoms with E-state index in [1.165, 1.54) is 14.2 Å². The molecule has 0 bridgehead atoms. The maximum atomic E-state index is 12.4. The molecule has 2 aromatic carbocycles. The van der Waals surface area contributed by atoms with Crippen molar-refractivity contribution in [2.75, 3.05) is 19.5 Å². The van der Waals surface area contributed by atoms with E-state index >= 15 is 0 Å². The molecule has 1 amide bonds. The second-order valence-corrected chi connectivity index (χ2v) is 6.13. The fraction of sp³-hybridized carbons (Fsp3) is 0.176. The number of aromatic nitrogens is 1. The molecule has 0 spiro atoms. The topological polar surface area (TPSA) is 69.6 Å². The second-order valence-electron chi connectivity index (χ2n) is 5.13. The Bertz CT molecular complexity index is 974. The largest absolute Gasteiger partial charge is 0.493 e. The molecule has 0 saturated carbocycles. The summed E-state index contributed by atoms with van der Waals surface area (Å²) in [5, 5.41) is 2.83. The third-order valence-electron chi connectivity index (χ3n) is 3.70. The number of nitrogens with zero attached hydrogens (tertiary/aromatic N) is 1. The highest BCUT2D eigenvalue weighted by molar-refractivity contribution is 7.16. The van der Waals surface area contributed by atoms with Crippen molar-refractivity contribution in [3.05, 3.63) is 51.6 Å². The highest BCUT2D eigenvalue weighted by Crippen LogP contribution is 2.28. The van der Waals surface area contributed by atoms with Crippen LogP contribution in [0, 0.1) is 0 Å². The first-order valence-electron chi connectivity index (χ1n) is 7.16. The van der Waals surface area contributed by atoms with Gasteiger partial charge in [0.15, 0.2) is 11.5 Å². The smallest absolute Gasteiger partial charge is 0.307 e. The molecular formula is C17H16N2O4S. The summed E-state index contributed by atoms with van der Waals surface area (Å²) in [5.41, 5.74) is 1.92. The number of fused-ring (bicyclic) bond motifs is 1. The van der Waals surface area contributed by atoms with Crippen molar-refractivity contribution in [2.24, 2.45) is 7.05 Å². The van der Waals surface area contributed by atoms with Crippen molar-refractivity contribution in [3.63, 3.8) is 0 Å². The SMILES string of the molecule is COc1ccc(C(=O)Nc2ccc3c(c2)sc(=O)n3C)cc1OC. The van der Waals surface area contributed by atoms with Gasteiger partial charge in [-0.25, -0.2) is 0 Å². The van der Waals surface area contributed by atoms with E-state index in [2.05, 4.69) is 5.32 Å². The zero-order chi connectivity index (χ0) is 17.3. The quantitative estimate of drug-likeness (QED) is 0.790. The molecule has 7 heteroatoms. The average Bonchev–Trinajstić information content (AvgIpc) is 2.88. The lowest BCUT2D eigenvalue weighted by atomic mass is 10.2. The molecule has 0 fully saturated rings. The highest BCUT2D eigenvalue weighted by Gasteiger charge is 2.12. The van der Waals surface area contributed by atoms with Gasteiger partial charge in [0, 0.05) is 18.3 Å². The molecule has 1 aromatic heterocycles. The van der Waals surface area contributed by atoms with E-state index in [0.717, 1.165) is 21.6 Å². The Kier molecular flexibility index (Phi) is 4.26. The summed E-state index contributed by atoms with van der Waals surface area (Å²) < 4.78 is 12.8. The zero-order valence-corrected chi connectivity index (χ0v) is 14.3. The Labute approximate surface area is 142 Å². The molecule has 0 aliphatic heterocycles. The molecule has 0 saturated heterocycles. The summed E-state index contributed by atoms with van der Waals surface area (Å²) in [4.78, 5) is 24.1. The van der Waals surface area contributed by atoms with Crippen LogP contribution in [0.25, 0.3) is 10.2 Å². The molecule has 0 aliphatic carbocycles. The standard InChI is InChI=1S/C17H16N2O4S/c1-19-12-6-5-11(9-15(12)24-17(19)21)18-16(20)10-4-7-13(22-2)14(8-10)23-3/h4-9H,1-3H3,(H,18,20). The Balaban J connectivity index is 1.88. The number of amides is 1. The molecule has 0 unspecified atom stereocenters. The fourth-order valence-electron chi connectivity index (χ4n) is 2.39. The number of ether oxygens (including phenoxy) is 2. The van der Waals surface area contributed by atoms with E-state index in [-0.39, 0.29) is 10.8 Å². The van der Waals surface area contributed by atoms with Gasteiger partial charge in [0.2, 0.25) is 0 Å². The highest BCUT2D eigenvalue weighted by atomic mass is 32.1. The molecular weight excluding hydrogens is 328 g/mol. The van der Waals surface area contributed by atoms with Crippen LogP contribution in [0.1, 0.15) is 10.4 Å². The minimum atomic E-state index is -0.265. The number of nitrogens with one attached hydrogen (secondary N) is 1. The van der Waals surface area contributed by atoms with Crippen molar-refractivity contribution >= 4 is 33.1 Å². The zero-order valence-electron chi connectivity index (χ0n) is 13.5. The van der Waals surface area contributed by atoms with Gasteiger partial charge in [-0.3, -0.25) is 9.59 Å². The van der Waals surface area contributed by atoms with Crippen LogP contribution in [0.15, 0.2) is 41.2 Å². The fourth-order valence-corrected chi connectivity index (χ4v) is 3.31. The lowest BCUT2D eigenvalue weighted by Gasteiger charge is -2.10. The van der Waals surface area contributed by atoms with Crippen LogP contribution in [-0.2, 0) is 7.05 Å². The van der Waals surface area contributed by atoms with Crippen molar-refractivity contribution in [1.82, 2.24) is 4.57 Å². The van der Waals surface area contributed by atoms with Crippen LogP contribution >= 0.6 is 11.3 Å². The van der Waals surface area contributed by atoms with Gasteiger partial charge in [-0.1, -0.05) is 11.3 Å². The van der Waals surface area contributed by atoms with Crippen LogP contribution in [0.3, 0.4) is 0 Å². The summed E-state index contributed by atoms with van der Waals surface area (Å²) >= 11 is 1.15. The predicted octanol–water partition coefficient (Wildman–Crippen LogP) is 2.87. The van der Waals surface area contributed by atoms with Gasteiger partial charge in [0.05, 0.1) is 24.4 Å². The molecule has 3 aromatic rings. The number of rotatable bonds is 4. The van der Waals surface area contributed by atoms with Gasteiger partial charge in [0.1, 0.15) is 0 Å². The first-order valence-corrected chi connectivity index (χ1v) is 7.98. The number of hydrogen-bond donors (Lipinski definition) is 1. The maximum Gasteiger partial charge on any atom is 0.307 e. The average molecular weight is 344 g/mol. The number of methoxy groups -OCH3 is 2. The van der Waals surface area contributed by atoms with E-state index in [1.807, 2.05) is 6.07 Å². The number of carbonyl (C=O) groups is 1. The van der Waals surface area contributed by atoms with Gasteiger partial charge in [0.25, 0.3) is 5.91 Å². The van der Waals surface area contributed by atoms with Crippen LogP contribution < -0.4 is 19.7 Å². The minimum Gasteiger partial charge on any atom is -0.493 e. The summed E-state index contributed by atoms with van der Waals surface area (Å²) in [6.07, 6.45) is 0. The Hall–Kier alpha value is -2.80. The summed E-state index contributed by atoms with van der Waals surface area (Å²) in [5.74, 6) is 0.782. The molecule has 0 aliphatic rings. The van der Waals surface area contributed by atoms with E-state index in [9.17, 15) is 9.59 Å². The second kappa shape index (κ2) is 6.37. The molecule has 1 N–H and O–H groups in total. The molecule has 124 valence electrons. The third kappa shape index (κ3) is 2.85. The Morgan fingerprint density at radius 1 is 1.08 bits per heavy atom.